The molecule has 1 aliphatic rings. The number of fused-ring (bicyclic) bond motifs is 1. The van der Waals surface area contributed by atoms with E-state index in [4.69, 9.17) is 14.7 Å². The van der Waals surface area contributed by atoms with Crippen LogP contribution in [-0.4, -0.2) is 64.7 Å². The Morgan fingerprint density at radius 2 is 2.00 bits per heavy atom. The summed E-state index contributed by atoms with van der Waals surface area (Å²) in [4.78, 5) is 9.50. The molecule has 3 atom stereocenters. The van der Waals surface area contributed by atoms with Gasteiger partial charge in [-0.25, -0.2) is 13.4 Å². The van der Waals surface area contributed by atoms with Gasteiger partial charge in [0.2, 0.25) is 16.8 Å². The molecule has 184 valence electrons. The zero-order valence-corrected chi connectivity index (χ0v) is 20.7. The van der Waals surface area contributed by atoms with E-state index in [2.05, 4.69) is 20.8 Å². The first-order valence-electron chi connectivity index (χ1n) is 11.7. The van der Waals surface area contributed by atoms with Crippen LogP contribution in [0.1, 0.15) is 44.7 Å². The minimum Gasteiger partial charge on any atom is -0.385 e. The molecule has 2 aromatic heterocycles. The van der Waals surface area contributed by atoms with Crippen molar-refractivity contribution in [1.82, 2.24) is 24.5 Å². The summed E-state index contributed by atoms with van der Waals surface area (Å²) in [5.74, 6) is 1.87. The smallest absolute Gasteiger partial charge is 0.225 e. The van der Waals surface area contributed by atoms with Crippen molar-refractivity contribution in [3.63, 3.8) is 0 Å². The number of hydrogen-bond acceptors (Lipinski definition) is 8. The van der Waals surface area contributed by atoms with Crippen molar-refractivity contribution in [2.24, 2.45) is 0 Å². The molecular weight excluding hydrogens is 454 g/mol. The van der Waals surface area contributed by atoms with Crippen molar-refractivity contribution in [3.8, 4) is 0 Å². The maximum atomic E-state index is 12.1. The van der Waals surface area contributed by atoms with E-state index in [-0.39, 0.29) is 18.1 Å². The Bertz CT molecular complexity index is 1170. The zero-order chi connectivity index (χ0) is 24.1. The van der Waals surface area contributed by atoms with Crippen molar-refractivity contribution in [2.75, 3.05) is 24.4 Å². The molecule has 34 heavy (non-hydrogen) atoms. The first-order chi connectivity index (χ1) is 16.5. The summed E-state index contributed by atoms with van der Waals surface area (Å²) in [7, 11) is -0.978. The average Bonchev–Trinajstić information content (AvgIpc) is 3.23. The lowest BCUT2D eigenvalue weighted by atomic mass is 9.90. The van der Waals surface area contributed by atoms with Crippen molar-refractivity contribution in [1.29, 1.82) is 0 Å². The summed E-state index contributed by atoms with van der Waals surface area (Å²) in [5, 5.41) is 14.9. The predicted molar refractivity (Wildman–Crippen MR) is 134 cm³/mol. The summed E-state index contributed by atoms with van der Waals surface area (Å²) in [6.45, 7) is 4.59. The average molecular weight is 488 g/mol. The molecule has 1 aliphatic heterocycles. The Balaban J connectivity index is 1.59. The molecule has 3 N–H and O–H groups in total. The van der Waals surface area contributed by atoms with Crippen LogP contribution in [-0.2, 0) is 15.6 Å². The largest absolute Gasteiger partial charge is 0.385 e. The molecule has 0 saturated carbocycles. The van der Waals surface area contributed by atoms with E-state index >= 15 is 0 Å². The standard InChI is InChI=1S/C23H33N7O3S/c1-4-17-13-16(14-18(8-7-11-33-3)30(17)34(31)32)24-23-25-20-10-6-5-9-19(20)22(27-23)26-21-12-15(2)28-29-21/h5-6,9-10,12,16-18,34H,4,7-8,11,13-14H2,1-3H3,(H3,24,25,26,27,28,29)/t16-,17-,18+/m1/s1. The molecular formula is C23H33N7O3S. The number of piperidine rings is 1. The Kier molecular flexibility index (Phi) is 7.96. The number of para-hydroxylation sites is 1. The first kappa shape index (κ1) is 24.4. The van der Waals surface area contributed by atoms with Crippen LogP contribution in [0.5, 0.6) is 0 Å². The van der Waals surface area contributed by atoms with E-state index in [1.165, 1.54) is 0 Å². The second kappa shape index (κ2) is 11.1. The number of anilines is 3. The molecule has 3 aromatic rings. The number of ether oxygens (including phenoxy) is 1. The third-order valence-electron chi connectivity index (χ3n) is 6.30. The monoisotopic (exact) mass is 487 g/mol. The van der Waals surface area contributed by atoms with Crippen molar-refractivity contribution < 1.29 is 13.2 Å². The zero-order valence-electron chi connectivity index (χ0n) is 19.8. The maximum Gasteiger partial charge on any atom is 0.225 e. The van der Waals surface area contributed by atoms with E-state index in [9.17, 15) is 8.42 Å². The van der Waals surface area contributed by atoms with Gasteiger partial charge in [-0.3, -0.25) is 5.10 Å². The summed E-state index contributed by atoms with van der Waals surface area (Å²) >= 11 is 0. The highest BCUT2D eigenvalue weighted by atomic mass is 32.2. The van der Waals surface area contributed by atoms with Crippen LogP contribution < -0.4 is 10.6 Å². The van der Waals surface area contributed by atoms with Crippen molar-refractivity contribution in [2.45, 2.75) is 64.1 Å². The number of aromatic nitrogens is 4. The highest BCUT2D eigenvalue weighted by Crippen LogP contribution is 2.31. The molecule has 4 rings (SSSR count). The molecule has 0 unspecified atom stereocenters. The lowest BCUT2D eigenvalue weighted by Gasteiger charge is -2.42. The number of aryl methyl sites for hydroxylation is 1. The molecule has 0 aliphatic carbocycles. The molecule has 0 spiro atoms. The lowest BCUT2D eigenvalue weighted by molar-refractivity contribution is 0.140. The van der Waals surface area contributed by atoms with Crippen LogP contribution in [0.3, 0.4) is 0 Å². The molecule has 0 amide bonds. The van der Waals surface area contributed by atoms with Crippen molar-refractivity contribution >= 4 is 39.4 Å². The van der Waals surface area contributed by atoms with E-state index < -0.39 is 10.9 Å². The van der Waals surface area contributed by atoms with E-state index in [0.717, 1.165) is 35.9 Å². The number of H-pyrrole nitrogens is 1. The van der Waals surface area contributed by atoms with Gasteiger partial charge >= 0.3 is 0 Å². The highest BCUT2D eigenvalue weighted by Gasteiger charge is 2.36. The molecule has 3 heterocycles. The highest BCUT2D eigenvalue weighted by molar-refractivity contribution is 7.69. The van der Waals surface area contributed by atoms with Gasteiger partial charge in [-0.15, -0.1) is 0 Å². The van der Waals surface area contributed by atoms with Gasteiger partial charge < -0.3 is 15.4 Å². The summed E-state index contributed by atoms with van der Waals surface area (Å²) in [6.07, 6.45) is 3.73. The topological polar surface area (TPSA) is 125 Å². The van der Waals surface area contributed by atoms with E-state index in [0.29, 0.717) is 37.0 Å². The van der Waals surface area contributed by atoms with Crippen LogP contribution in [0, 0.1) is 6.92 Å². The number of rotatable bonds is 10. The molecule has 0 bridgehead atoms. The van der Waals surface area contributed by atoms with Gasteiger partial charge in [0.15, 0.2) is 5.82 Å². The molecule has 1 saturated heterocycles. The Morgan fingerprint density at radius 3 is 2.71 bits per heavy atom. The van der Waals surface area contributed by atoms with Crippen LogP contribution in [0.4, 0.5) is 17.6 Å². The molecule has 11 heteroatoms. The maximum absolute atomic E-state index is 12.1. The molecule has 1 fully saturated rings. The minimum atomic E-state index is -2.64. The number of methoxy groups -OCH3 is 1. The van der Waals surface area contributed by atoms with Crippen molar-refractivity contribution in [3.05, 3.63) is 36.0 Å². The molecule has 0 radical (unpaired) electrons. The van der Waals surface area contributed by atoms with Gasteiger partial charge in [-0.2, -0.15) is 14.4 Å². The fourth-order valence-electron chi connectivity index (χ4n) is 4.74. The van der Waals surface area contributed by atoms with Crippen LogP contribution in [0.2, 0.25) is 0 Å². The number of benzene rings is 1. The van der Waals surface area contributed by atoms with E-state index in [1.807, 2.05) is 44.2 Å². The minimum absolute atomic E-state index is 0.0509. The van der Waals surface area contributed by atoms with E-state index in [1.54, 1.807) is 11.4 Å². The molecule has 1 aromatic carbocycles. The second-order valence-corrected chi connectivity index (χ2v) is 9.69. The summed E-state index contributed by atoms with van der Waals surface area (Å²) in [5.41, 5.74) is 1.77. The second-order valence-electron chi connectivity index (χ2n) is 8.76. The van der Waals surface area contributed by atoms with Gasteiger partial charge in [0, 0.05) is 49.0 Å². The number of aromatic amines is 1. The van der Waals surface area contributed by atoms with Crippen LogP contribution >= 0.6 is 0 Å². The van der Waals surface area contributed by atoms with Gasteiger partial charge in [-0.05, 0) is 51.2 Å². The number of nitrogens with one attached hydrogen (secondary N) is 3. The Morgan fingerprint density at radius 1 is 1.21 bits per heavy atom. The third-order valence-corrected chi connectivity index (χ3v) is 7.33. The van der Waals surface area contributed by atoms with Crippen LogP contribution in [0.15, 0.2) is 30.3 Å². The predicted octanol–water partition coefficient (Wildman–Crippen LogP) is 3.38. The number of nitrogens with zero attached hydrogens (tertiary/aromatic N) is 4. The first-order valence-corrected chi connectivity index (χ1v) is 12.9. The number of thiol groups is 1. The van der Waals surface area contributed by atoms with Crippen LogP contribution in [0.25, 0.3) is 10.9 Å². The van der Waals surface area contributed by atoms with Gasteiger partial charge in [0.05, 0.1) is 5.52 Å². The fraction of sp³-hybridized carbons (Fsp3) is 0.522. The fourth-order valence-corrected chi connectivity index (χ4v) is 5.74. The lowest BCUT2D eigenvalue weighted by Crippen LogP contribution is -2.51. The quantitative estimate of drug-likeness (QED) is 0.253. The Hall–Kier alpha value is -2.76. The van der Waals surface area contributed by atoms with Gasteiger partial charge in [0.25, 0.3) is 0 Å². The summed E-state index contributed by atoms with van der Waals surface area (Å²) in [6, 6.07) is 9.69. The Labute approximate surface area is 201 Å². The van der Waals surface area contributed by atoms with Gasteiger partial charge in [-0.1, -0.05) is 19.1 Å². The summed E-state index contributed by atoms with van der Waals surface area (Å²) < 4.78 is 31.0. The normalized spacial score (nSPS) is 21.2. The number of hydrogen-bond donors (Lipinski definition) is 4. The third kappa shape index (κ3) is 5.65. The SMILES string of the molecule is CC[C@@H]1C[C@@H](Nc2nc(Nc3cc(C)[nH]n3)c3ccccc3n2)C[C@H](CCCOC)N1[SH](=O)=O. The molecule has 10 nitrogen and oxygen atoms in total. The van der Waals surface area contributed by atoms with Gasteiger partial charge in [0.1, 0.15) is 5.82 Å².